The van der Waals surface area contributed by atoms with Gasteiger partial charge in [0.1, 0.15) is 0 Å². The lowest BCUT2D eigenvalue weighted by Crippen LogP contribution is -2.51. The molecule has 3 rings (SSSR count). The highest BCUT2D eigenvalue weighted by atomic mass is 35.5. The first-order valence-corrected chi connectivity index (χ1v) is 8.26. The number of benzene rings is 1. The SMILES string of the molecule is C[C@H]1CN(S(=O)(=O)c2ccccc2-c2ccno2)CCN1.Cl. The van der Waals surface area contributed by atoms with Gasteiger partial charge in [0.05, 0.1) is 11.1 Å². The van der Waals surface area contributed by atoms with Crippen molar-refractivity contribution in [2.75, 3.05) is 19.6 Å². The molecule has 120 valence electrons. The average Bonchev–Trinajstić information content (AvgIpc) is 3.01. The first-order chi connectivity index (χ1) is 10.1. The summed E-state index contributed by atoms with van der Waals surface area (Å²) >= 11 is 0. The molecule has 1 fully saturated rings. The Bertz CT molecular complexity index is 719. The number of aromatic nitrogens is 1. The first kappa shape index (κ1) is 17.0. The summed E-state index contributed by atoms with van der Waals surface area (Å²) in [5.41, 5.74) is 0.543. The molecule has 1 saturated heterocycles. The van der Waals surface area contributed by atoms with Crippen LogP contribution in [0.5, 0.6) is 0 Å². The van der Waals surface area contributed by atoms with Gasteiger partial charge >= 0.3 is 0 Å². The molecule has 1 aliphatic heterocycles. The van der Waals surface area contributed by atoms with Crippen LogP contribution in [0.2, 0.25) is 0 Å². The van der Waals surface area contributed by atoms with Crippen LogP contribution >= 0.6 is 12.4 Å². The Morgan fingerprint density at radius 2 is 2.09 bits per heavy atom. The second-order valence-corrected chi connectivity index (χ2v) is 7.00. The maximum atomic E-state index is 12.9. The monoisotopic (exact) mass is 343 g/mol. The fraction of sp³-hybridized carbons (Fsp3) is 0.357. The standard InChI is InChI=1S/C14H17N3O3S.ClH/c1-11-10-17(9-8-15-11)21(18,19)14-5-3-2-4-12(14)13-6-7-16-20-13;/h2-7,11,15H,8-10H2,1H3;1H/t11-;/m0./s1. The van der Waals surface area contributed by atoms with Crippen LogP contribution in [0.15, 0.2) is 45.9 Å². The Kier molecular flexibility index (Phi) is 5.23. The van der Waals surface area contributed by atoms with Gasteiger partial charge in [-0.15, -0.1) is 12.4 Å². The molecule has 8 heteroatoms. The summed E-state index contributed by atoms with van der Waals surface area (Å²) < 4.78 is 32.4. The van der Waals surface area contributed by atoms with Crippen LogP contribution in [0.1, 0.15) is 6.92 Å². The lowest BCUT2D eigenvalue weighted by Gasteiger charge is -2.31. The van der Waals surface area contributed by atoms with Crippen molar-refractivity contribution >= 4 is 22.4 Å². The van der Waals surface area contributed by atoms with Crippen LogP contribution < -0.4 is 5.32 Å². The van der Waals surface area contributed by atoms with Gasteiger partial charge < -0.3 is 9.84 Å². The van der Waals surface area contributed by atoms with E-state index in [1.54, 1.807) is 30.3 Å². The molecule has 1 atom stereocenters. The number of nitrogens with one attached hydrogen (secondary N) is 1. The summed E-state index contributed by atoms with van der Waals surface area (Å²) in [6, 6.07) is 8.66. The average molecular weight is 344 g/mol. The summed E-state index contributed by atoms with van der Waals surface area (Å²) in [6.45, 7) is 3.57. The predicted molar refractivity (Wildman–Crippen MR) is 85.4 cm³/mol. The van der Waals surface area contributed by atoms with Gasteiger partial charge in [0, 0.05) is 37.3 Å². The summed E-state index contributed by atoms with van der Waals surface area (Å²) in [4.78, 5) is 0.260. The topological polar surface area (TPSA) is 75.4 Å². The zero-order valence-corrected chi connectivity index (χ0v) is 13.7. The third-order valence-electron chi connectivity index (χ3n) is 3.54. The molecule has 1 aromatic carbocycles. The maximum Gasteiger partial charge on any atom is 0.243 e. The zero-order chi connectivity index (χ0) is 14.9. The molecule has 0 amide bonds. The van der Waals surface area contributed by atoms with E-state index in [0.717, 1.165) is 0 Å². The Hall–Kier alpha value is -1.41. The van der Waals surface area contributed by atoms with E-state index in [1.165, 1.54) is 10.5 Å². The molecule has 0 aliphatic carbocycles. The lowest BCUT2D eigenvalue weighted by atomic mass is 10.2. The Balaban J connectivity index is 0.00000176. The quantitative estimate of drug-likeness (QED) is 0.918. The number of halogens is 1. The molecule has 6 nitrogen and oxygen atoms in total. The van der Waals surface area contributed by atoms with Gasteiger partial charge in [-0.3, -0.25) is 0 Å². The predicted octanol–water partition coefficient (Wildman–Crippen LogP) is 1.75. The lowest BCUT2D eigenvalue weighted by molar-refractivity contribution is 0.310. The second-order valence-electron chi connectivity index (χ2n) is 5.09. The molecule has 0 spiro atoms. The van der Waals surface area contributed by atoms with Gasteiger partial charge in [-0.2, -0.15) is 4.31 Å². The van der Waals surface area contributed by atoms with E-state index in [4.69, 9.17) is 4.52 Å². The van der Waals surface area contributed by atoms with Crippen LogP contribution in [0.3, 0.4) is 0 Å². The minimum absolute atomic E-state index is 0. The number of piperazine rings is 1. The van der Waals surface area contributed by atoms with Crippen LogP contribution in [0.25, 0.3) is 11.3 Å². The normalized spacial score (nSPS) is 19.6. The molecule has 2 aromatic rings. The van der Waals surface area contributed by atoms with Crippen molar-refractivity contribution in [1.82, 2.24) is 14.8 Å². The Morgan fingerprint density at radius 3 is 2.77 bits per heavy atom. The molecule has 1 N–H and O–H groups in total. The second kappa shape index (κ2) is 6.78. The molecule has 0 unspecified atom stereocenters. The fourth-order valence-electron chi connectivity index (χ4n) is 2.50. The van der Waals surface area contributed by atoms with Gasteiger partial charge in [-0.1, -0.05) is 17.3 Å². The number of hydrogen-bond acceptors (Lipinski definition) is 5. The zero-order valence-electron chi connectivity index (χ0n) is 12.1. The van der Waals surface area contributed by atoms with E-state index in [1.807, 2.05) is 6.92 Å². The van der Waals surface area contributed by atoms with Crippen molar-refractivity contribution in [2.45, 2.75) is 17.9 Å². The minimum Gasteiger partial charge on any atom is -0.356 e. The summed E-state index contributed by atoms with van der Waals surface area (Å²) in [5.74, 6) is 0.456. The summed E-state index contributed by atoms with van der Waals surface area (Å²) in [5, 5.41) is 6.90. The molecule has 2 heterocycles. The molecule has 0 saturated carbocycles. The van der Waals surface area contributed by atoms with E-state index in [2.05, 4.69) is 10.5 Å². The minimum atomic E-state index is -3.55. The Morgan fingerprint density at radius 1 is 1.32 bits per heavy atom. The number of nitrogens with zero attached hydrogens (tertiary/aromatic N) is 2. The van der Waals surface area contributed by atoms with Crippen molar-refractivity contribution in [3.63, 3.8) is 0 Å². The van der Waals surface area contributed by atoms with Gasteiger partial charge in [-0.25, -0.2) is 8.42 Å². The summed E-state index contributed by atoms with van der Waals surface area (Å²) in [7, 11) is -3.55. The highest BCUT2D eigenvalue weighted by Gasteiger charge is 2.30. The van der Waals surface area contributed by atoms with Gasteiger partial charge in [-0.05, 0) is 19.1 Å². The van der Waals surface area contributed by atoms with Gasteiger partial charge in [0.2, 0.25) is 10.0 Å². The number of hydrogen-bond donors (Lipinski definition) is 1. The van der Waals surface area contributed by atoms with Gasteiger partial charge in [0.25, 0.3) is 0 Å². The van der Waals surface area contributed by atoms with Crippen LogP contribution in [0.4, 0.5) is 0 Å². The maximum absolute atomic E-state index is 12.9. The molecule has 0 bridgehead atoms. The third-order valence-corrected chi connectivity index (χ3v) is 5.46. The number of rotatable bonds is 3. The van der Waals surface area contributed by atoms with Crippen molar-refractivity contribution in [2.24, 2.45) is 0 Å². The van der Waals surface area contributed by atoms with E-state index in [0.29, 0.717) is 31.0 Å². The molecular weight excluding hydrogens is 326 g/mol. The first-order valence-electron chi connectivity index (χ1n) is 6.82. The van der Waals surface area contributed by atoms with E-state index in [9.17, 15) is 8.42 Å². The van der Waals surface area contributed by atoms with Crippen molar-refractivity contribution in [1.29, 1.82) is 0 Å². The van der Waals surface area contributed by atoms with Crippen LogP contribution in [0, 0.1) is 0 Å². The van der Waals surface area contributed by atoms with E-state index >= 15 is 0 Å². The summed E-state index contributed by atoms with van der Waals surface area (Å²) in [6.07, 6.45) is 1.51. The van der Waals surface area contributed by atoms with Gasteiger partial charge in [0.15, 0.2) is 5.76 Å². The number of sulfonamides is 1. The molecular formula is C14H18ClN3O3S. The van der Waals surface area contributed by atoms with Crippen molar-refractivity contribution < 1.29 is 12.9 Å². The van der Waals surface area contributed by atoms with E-state index in [-0.39, 0.29) is 23.3 Å². The Labute approximate surface area is 135 Å². The smallest absolute Gasteiger partial charge is 0.243 e. The third kappa shape index (κ3) is 3.17. The van der Waals surface area contributed by atoms with E-state index < -0.39 is 10.0 Å². The van der Waals surface area contributed by atoms with Crippen LogP contribution in [-0.2, 0) is 10.0 Å². The van der Waals surface area contributed by atoms with Crippen LogP contribution in [-0.4, -0.2) is 43.6 Å². The highest BCUT2D eigenvalue weighted by molar-refractivity contribution is 7.89. The highest BCUT2D eigenvalue weighted by Crippen LogP contribution is 2.29. The molecule has 22 heavy (non-hydrogen) atoms. The molecule has 1 aliphatic rings. The van der Waals surface area contributed by atoms with Crippen molar-refractivity contribution in [3.05, 3.63) is 36.5 Å². The molecule has 1 aromatic heterocycles. The fourth-order valence-corrected chi connectivity index (χ4v) is 4.23. The largest absolute Gasteiger partial charge is 0.356 e. The molecule has 0 radical (unpaired) electrons. The van der Waals surface area contributed by atoms with Crippen molar-refractivity contribution in [3.8, 4) is 11.3 Å².